The molecule has 2 amide bonds. The number of rotatable bonds is 7. The largest absolute Gasteiger partial charge is 0.481 e. The van der Waals surface area contributed by atoms with E-state index in [0.29, 0.717) is 35.8 Å². The number of likely N-dealkylation sites (N-methyl/N-ethyl adjacent to an activating group) is 1. The summed E-state index contributed by atoms with van der Waals surface area (Å²) in [4.78, 5) is 41.4. The number of carbonyl (C=O) groups excluding carboxylic acids is 2. The molecule has 1 spiro atoms. The minimum Gasteiger partial charge on any atom is -0.481 e. The van der Waals surface area contributed by atoms with Crippen molar-refractivity contribution < 1.29 is 18.7 Å². The van der Waals surface area contributed by atoms with E-state index in [1.54, 1.807) is 6.07 Å². The van der Waals surface area contributed by atoms with Crippen molar-refractivity contribution in [2.75, 3.05) is 51.8 Å². The second-order valence-corrected chi connectivity index (χ2v) is 11.8. The number of H-pyrrole nitrogens is 1. The van der Waals surface area contributed by atoms with Crippen molar-refractivity contribution in [2.24, 2.45) is 5.92 Å². The van der Waals surface area contributed by atoms with E-state index in [1.165, 1.54) is 13.2 Å². The van der Waals surface area contributed by atoms with Crippen LogP contribution in [0, 0.1) is 11.7 Å². The number of hydrogen-bond donors (Lipinski definition) is 2. The average Bonchev–Trinajstić information content (AvgIpc) is 3.57. The second-order valence-electron chi connectivity index (χ2n) is 11.4. The molecule has 3 aliphatic rings. The summed E-state index contributed by atoms with van der Waals surface area (Å²) in [6.07, 6.45) is 5.68. The van der Waals surface area contributed by atoms with Gasteiger partial charge in [-0.15, -0.1) is 0 Å². The SMILES string of the molecule is COc1cc(-c2cc(C(=O)N3CC[C@H](C(=O)NCc4ncc(N5CCN(C)CC5)cc4Cl)CC34CC4)[nH]n2)c(F)cn1. The first-order chi connectivity index (χ1) is 20.3. The van der Waals surface area contributed by atoms with Gasteiger partial charge in [-0.3, -0.25) is 19.7 Å². The molecule has 2 saturated heterocycles. The average molecular weight is 597 g/mol. The molecule has 0 bridgehead atoms. The third-order valence-corrected chi connectivity index (χ3v) is 9.00. The highest BCUT2D eigenvalue weighted by Crippen LogP contribution is 2.50. The van der Waals surface area contributed by atoms with Gasteiger partial charge in [-0.2, -0.15) is 5.10 Å². The summed E-state index contributed by atoms with van der Waals surface area (Å²) in [5, 5.41) is 10.5. The molecule has 2 aliphatic heterocycles. The Morgan fingerprint density at radius 3 is 2.64 bits per heavy atom. The van der Waals surface area contributed by atoms with Gasteiger partial charge in [0.1, 0.15) is 5.69 Å². The number of carbonyl (C=O) groups is 2. The second kappa shape index (κ2) is 11.5. The van der Waals surface area contributed by atoms with E-state index in [0.717, 1.165) is 50.9 Å². The molecule has 222 valence electrons. The third-order valence-electron chi connectivity index (χ3n) is 8.67. The van der Waals surface area contributed by atoms with Gasteiger partial charge in [-0.1, -0.05) is 11.6 Å². The molecule has 0 aromatic carbocycles. The number of aromatic nitrogens is 4. The highest BCUT2D eigenvalue weighted by Gasteiger charge is 2.54. The lowest BCUT2D eigenvalue weighted by Gasteiger charge is -2.39. The maximum Gasteiger partial charge on any atom is 0.272 e. The van der Waals surface area contributed by atoms with Crippen molar-refractivity contribution in [3.8, 4) is 17.1 Å². The molecule has 3 aromatic rings. The van der Waals surface area contributed by atoms with Gasteiger partial charge >= 0.3 is 0 Å². The van der Waals surface area contributed by atoms with Crippen LogP contribution in [0.2, 0.25) is 5.02 Å². The van der Waals surface area contributed by atoms with Crippen LogP contribution >= 0.6 is 11.6 Å². The van der Waals surface area contributed by atoms with Crippen LogP contribution < -0.4 is 15.0 Å². The number of ether oxygens (including phenoxy) is 1. The fraction of sp³-hybridized carbons (Fsp3) is 0.483. The van der Waals surface area contributed by atoms with Gasteiger partial charge in [0.15, 0.2) is 5.82 Å². The van der Waals surface area contributed by atoms with E-state index >= 15 is 0 Å². The molecule has 3 aromatic heterocycles. The van der Waals surface area contributed by atoms with E-state index < -0.39 is 5.82 Å². The summed E-state index contributed by atoms with van der Waals surface area (Å²) in [6.45, 7) is 4.53. The lowest BCUT2D eigenvalue weighted by Crippen LogP contribution is -2.50. The van der Waals surface area contributed by atoms with E-state index in [4.69, 9.17) is 16.3 Å². The Kier molecular flexibility index (Phi) is 7.75. The number of pyridine rings is 2. The molecule has 11 nitrogen and oxygen atoms in total. The number of aromatic amines is 1. The third kappa shape index (κ3) is 5.65. The van der Waals surface area contributed by atoms with Crippen molar-refractivity contribution in [2.45, 2.75) is 37.8 Å². The molecule has 1 atom stereocenters. The standard InChI is InChI=1S/C29H34ClFN8O3/c1-37-7-9-38(10-8-37)19-11-21(30)25(32-15-19)17-34-27(40)18-3-6-39(29(14-18)4-5-29)28(41)24-13-23(35-36-24)20-12-26(42-2)33-16-22(20)31/h11-13,15-16,18H,3-10,14,17H2,1-2H3,(H,34,40)(H,35,36)/t18-/m0/s1. The van der Waals surface area contributed by atoms with Crippen molar-refractivity contribution in [3.63, 3.8) is 0 Å². The highest BCUT2D eigenvalue weighted by atomic mass is 35.5. The molecule has 1 saturated carbocycles. The maximum atomic E-state index is 14.4. The van der Waals surface area contributed by atoms with Crippen LogP contribution in [0.25, 0.3) is 11.3 Å². The molecular weight excluding hydrogens is 563 g/mol. The van der Waals surface area contributed by atoms with E-state index in [9.17, 15) is 14.0 Å². The number of nitrogens with one attached hydrogen (secondary N) is 2. The van der Waals surface area contributed by atoms with Gasteiger partial charge in [0.05, 0.1) is 48.1 Å². The number of anilines is 1. The molecule has 0 unspecified atom stereocenters. The van der Waals surface area contributed by atoms with Crippen LogP contribution in [-0.4, -0.2) is 94.2 Å². The lowest BCUT2D eigenvalue weighted by atomic mass is 9.88. The monoisotopic (exact) mass is 596 g/mol. The predicted molar refractivity (Wildman–Crippen MR) is 155 cm³/mol. The summed E-state index contributed by atoms with van der Waals surface area (Å²) in [6, 6.07) is 4.91. The van der Waals surface area contributed by atoms with Crippen molar-refractivity contribution >= 4 is 29.1 Å². The first-order valence-corrected chi connectivity index (χ1v) is 14.6. The molecule has 42 heavy (non-hydrogen) atoms. The maximum absolute atomic E-state index is 14.4. The number of nitrogens with zero attached hydrogens (tertiary/aromatic N) is 6. The number of halogens is 2. The number of likely N-dealkylation sites (tertiary alicyclic amines) is 1. The fourth-order valence-electron chi connectivity index (χ4n) is 5.93. The van der Waals surface area contributed by atoms with Crippen molar-refractivity contribution in [3.05, 3.63) is 52.8 Å². The predicted octanol–water partition coefficient (Wildman–Crippen LogP) is 3.12. The summed E-state index contributed by atoms with van der Waals surface area (Å²) < 4.78 is 19.5. The Balaban J connectivity index is 1.06. The van der Waals surface area contributed by atoms with Crippen LogP contribution in [0.1, 0.15) is 41.9 Å². The van der Waals surface area contributed by atoms with Crippen molar-refractivity contribution in [1.29, 1.82) is 0 Å². The van der Waals surface area contributed by atoms with E-state index in [-0.39, 0.29) is 47.0 Å². The molecule has 1 aliphatic carbocycles. The molecule has 5 heterocycles. The Morgan fingerprint density at radius 2 is 1.93 bits per heavy atom. The van der Waals surface area contributed by atoms with Gasteiger partial charge in [-0.25, -0.2) is 9.37 Å². The molecule has 3 fully saturated rings. The van der Waals surface area contributed by atoms with Crippen LogP contribution in [0.5, 0.6) is 5.88 Å². The van der Waals surface area contributed by atoms with E-state index in [2.05, 4.69) is 42.3 Å². The van der Waals surface area contributed by atoms with Crippen LogP contribution in [-0.2, 0) is 11.3 Å². The normalized spacial score (nSPS) is 20.0. The Morgan fingerprint density at radius 1 is 1.14 bits per heavy atom. The molecule has 2 N–H and O–H groups in total. The Labute approximate surface area is 248 Å². The quantitative estimate of drug-likeness (QED) is 0.427. The topological polar surface area (TPSA) is 120 Å². The highest BCUT2D eigenvalue weighted by molar-refractivity contribution is 6.31. The summed E-state index contributed by atoms with van der Waals surface area (Å²) in [5.41, 5.74) is 2.03. The fourth-order valence-corrected chi connectivity index (χ4v) is 6.16. The van der Waals surface area contributed by atoms with Gasteiger partial charge in [0, 0.05) is 55.8 Å². The van der Waals surface area contributed by atoms with E-state index in [1.807, 2.05) is 17.2 Å². The van der Waals surface area contributed by atoms with Gasteiger partial charge in [0.25, 0.3) is 5.91 Å². The number of hydrogen-bond acceptors (Lipinski definition) is 8. The molecule has 6 rings (SSSR count). The summed E-state index contributed by atoms with van der Waals surface area (Å²) >= 11 is 6.55. The first-order valence-electron chi connectivity index (χ1n) is 14.2. The molecule has 0 radical (unpaired) electrons. The van der Waals surface area contributed by atoms with Gasteiger partial charge in [0.2, 0.25) is 11.8 Å². The van der Waals surface area contributed by atoms with Crippen LogP contribution in [0.15, 0.2) is 30.6 Å². The lowest BCUT2D eigenvalue weighted by molar-refractivity contribution is -0.127. The summed E-state index contributed by atoms with van der Waals surface area (Å²) in [7, 11) is 3.56. The minimum atomic E-state index is -0.561. The van der Waals surface area contributed by atoms with Crippen molar-refractivity contribution in [1.82, 2.24) is 35.3 Å². The number of methoxy groups -OCH3 is 1. The van der Waals surface area contributed by atoms with Crippen LogP contribution in [0.4, 0.5) is 10.1 Å². The number of piperidine rings is 1. The first kappa shape index (κ1) is 28.4. The Hall–Kier alpha value is -3.77. The number of amides is 2. The van der Waals surface area contributed by atoms with Gasteiger partial charge in [-0.05, 0) is 44.9 Å². The summed E-state index contributed by atoms with van der Waals surface area (Å²) in [5.74, 6) is -0.784. The van der Waals surface area contributed by atoms with Gasteiger partial charge < -0.3 is 24.8 Å². The minimum absolute atomic E-state index is 0.0553. The zero-order chi connectivity index (χ0) is 29.4. The Bertz CT molecular complexity index is 1490. The zero-order valence-corrected chi connectivity index (χ0v) is 24.5. The smallest absolute Gasteiger partial charge is 0.272 e. The molecule has 13 heteroatoms. The number of piperazine rings is 1. The molecular formula is C29H34ClFN8O3. The van der Waals surface area contributed by atoms with Crippen LogP contribution in [0.3, 0.4) is 0 Å². The zero-order valence-electron chi connectivity index (χ0n) is 23.7.